The topological polar surface area (TPSA) is 143 Å². The molecule has 1 atom stereocenters. The minimum absolute atomic E-state index is 0.0625. The van der Waals surface area contributed by atoms with Crippen molar-refractivity contribution in [3.05, 3.63) is 135 Å². The molecule has 50 heavy (non-hydrogen) atoms. The molecule has 254 valence electrons. The first-order valence-electron chi connectivity index (χ1n) is 15.2. The molecule has 13 heteroatoms. The van der Waals surface area contributed by atoms with Gasteiger partial charge in [-0.1, -0.05) is 42.5 Å². The van der Waals surface area contributed by atoms with Crippen LogP contribution in [0.25, 0.3) is 6.08 Å². The minimum Gasteiger partial charge on any atom is -0.465 e. The van der Waals surface area contributed by atoms with Crippen molar-refractivity contribution < 1.29 is 28.7 Å². The normalized spacial score (nSPS) is 11.6. The summed E-state index contributed by atoms with van der Waals surface area (Å²) in [5.74, 6) is -2.45. The van der Waals surface area contributed by atoms with E-state index in [1.54, 1.807) is 98.8 Å². The number of thioether (sulfide) groups is 1. The quantitative estimate of drug-likeness (QED) is 0.0587. The third-order valence-corrected chi connectivity index (χ3v) is 10.2. The highest BCUT2D eigenvalue weighted by atomic mass is 32.2. The monoisotopic (exact) mass is 724 g/mol. The molecule has 0 aliphatic rings. The average molecular weight is 725 g/mol. The maximum absolute atomic E-state index is 13.4. The predicted molar refractivity (Wildman–Crippen MR) is 200 cm³/mol. The first kappa shape index (κ1) is 35.8. The molecular weight excluding hydrogens is 693 g/mol. The smallest absolute Gasteiger partial charge is 0.341 e. The van der Waals surface area contributed by atoms with E-state index in [4.69, 9.17) is 4.74 Å². The van der Waals surface area contributed by atoms with Crippen molar-refractivity contribution >= 4 is 86.5 Å². The van der Waals surface area contributed by atoms with Gasteiger partial charge >= 0.3 is 5.97 Å². The zero-order valence-electron chi connectivity index (χ0n) is 27.1. The summed E-state index contributed by atoms with van der Waals surface area (Å²) in [5.41, 5.74) is 2.77. The molecule has 0 aliphatic carbocycles. The molecule has 4 amide bonds. The molecule has 4 N–H and O–H groups in total. The molecule has 10 nitrogen and oxygen atoms in total. The number of amides is 4. The number of thiophene rings is 2. The molecule has 0 fully saturated rings. The van der Waals surface area contributed by atoms with Crippen molar-refractivity contribution in [3.63, 3.8) is 0 Å². The Kier molecular flexibility index (Phi) is 12.0. The van der Waals surface area contributed by atoms with Crippen molar-refractivity contribution in [2.24, 2.45) is 0 Å². The number of hydrogen-bond donors (Lipinski definition) is 4. The number of hydrogen-bond acceptors (Lipinski definition) is 9. The molecule has 1 unspecified atom stereocenters. The lowest BCUT2D eigenvalue weighted by molar-refractivity contribution is -0.115. The Morgan fingerprint density at radius 2 is 1.52 bits per heavy atom. The van der Waals surface area contributed by atoms with Gasteiger partial charge in [-0.05, 0) is 90.3 Å². The van der Waals surface area contributed by atoms with E-state index in [2.05, 4.69) is 21.3 Å². The van der Waals surface area contributed by atoms with E-state index >= 15 is 0 Å². The van der Waals surface area contributed by atoms with Gasteiger partial charge in [-0.3, -0.25) is 19.2 Å². The molecule has 0 radical (unpaired) electrons. The highest BCUT2D eigenvalue weighted by Gasteiger charge is 2.28. The van der Waals surface area contributed by atoms with Crippen LogP contribution < -0.4 is 21.3 Å². The highest BCUT2D eigenvalue weighted by Crippen LogP contribution is 2.35. The summed E-state index contributed by atoms with van der Waals surface area (Å²) in [4.78, 5) is 66.5. The number of nitrogens with one attached hydrogen (secondary N) is 4. The summed E-state index contributed by atoms with van der Waals surface area (Å²) in [7, 11) is 1.23. The van der Waals surface area contributed by atoms with Crippen molar-refractivity contribution in [2.45, 2.75) is 24.0 Å². The highest BCUT2D eigenvalue weighted by molar-refractivity contribution is 8.00. The Morgan fingerprint density at radius 1 is 0.820 bits per heavy atom. The van der Waals surface area contributed by atoms with Gasteiger partial charge in [-0.2, -0.15) is 11.3 Å². The van der Waals surface area contributed by atoms with Crippen LogP contribution in [-0.4, -0.2) is 42.0 Å². The lowest BCUT2D eigenvalue weighted by Gasteiger charge is -2.14. The van der Waals surface area contributed by atoms with Gasteiger partial charge < -0.3 is 26.0 Å². The van der Waals surface area contributed by atoms with E-state index in [0.717, 1.165) is 16.9 Å². The zero-order chi connectivity index (χ0) is 35.6. The van der Waals surface area contributed by atoms with Crippen LogP contribution in [-0.2, 0) is 14.3 Å². The number of esters is 1. The van der Waals surface area contributed by atoms with Crippen molar-refractivity contribution in [1.29, 1.82) is 0 Å². The molecule has 5 rings (SSSR count). The van der Waals surface area contributed by atoms with Gasteiger partial charge in [-0.25, -0.2) is 4.79 Å². The second kappa shape index (κ2) is 16.7. The fourth-order valence-electron chi connectivity index (χ4n) is 4.66. The Hall–Kier alpha value is -5.50. The molecule has 0 saturated heterocycles. The van der Waals surface area contributed by atoms with Crippen LogP contribution in [0.2, 0.25) is 0 Å². The molecule has 0 bridgehead atoms. The van der Waals surface area contributed by atoms with Gasteiger partial charge in [0.1, 0.15) is 10.7 Å². The maximum Gasteiger partial charge on any atom is 0.341 e. The van der Waals surface area contributed by atoms with Crippen LogP contribution in [0.5, 0.6) is 0 Å². The van der Waals surface area contributed by atoms with E-state index in [1.807, 2.05) is 22.9 Å². The molecular formula is C37H32N4O6S3. The standard InChI is InChI=1S/C37H32N4O6S3/c1-22-30(37(46)47-3)36(50-31(22)35(45)38-26-13-8-5-9-14-26)41-32(42)23(2)49-28-16-10-15-27(20-28)39-34(44)29(19-24-17-18-48-21-24)40-33(43)25-11-6-4-7-12-25/h4-21,23H,1-3H3,(H,38,45)(H,39,44)(H,40,43)(H,41,42)/b29-19-. The second-order valence-electron chi connectivity index (χ2n) is 10.7. The molecule has 2 heterocycles. The van der Waals surface area contributed by atoms with E-state index in [9.17, 15) is 24.0 Å². The third-order valence-electron chi connectivity index (χ3n) is 7.17. The predicted octanol–water partition coefficient (Wildman–Crippen LogP) is 7.69. The molecule has 5 aromatic rings. The third kappa shape index (κ3) is 9.14. The Balaban J connectivity index is 1.28. The van der Waals surface area contributed by atoms with Crippen molar-refractivity contribution in [1.82, 2.24) is 5.32 Å². The largest absolute Gasteiger partial charge is 0.465 e. The van der Waals surface area contributed by atoms with Crippen LogP contribution in [0.15, 0.2) is 112 Å². The summed E-state index contributed by atoms with van der Waals surface area (Å²) in [5, 5.41) is 14.5. The minimum atomic E-state index is -0.677. The van der Waals surface area contributed by atoms with E-state index in [0.29, 0.717) is 27.4 Å². The SMILES string of the molecule is COC(=O)c1c(NC(=O)C(C)Sc2cccc(NC(=O)/C(=C/c3ccsc3)NC(=O)c3ccccc3)c2)sc(C(=O)Nc2ccccc2)c1C. The second-order valence-corrected chi connectivity index (χ2v) is 14.0. The van der Waals surface area contributed by atoms with Crippen molar-refractivity contribution in [3.8, 4) is 0 Å². The van der Waals surface area contributed by atoms with E-state index < -0.39 is 34.8 Å². The van der Waals surface area contributed by atoms with Gasteiger partial charge in [0.15, 0.2) is 0 Å². The number of ether oxygens (including phenoxy) is 1. The van der Waals surface area contributed by atoms with Gasteiger partial charge in [0.2, 0.25) is 5.91 Å². The number of methoxy groups -OCH3 is 1. The van der Waals surface area contributed by atoms with E-state index in [1.165, 1.54) is 30.2 Å². The molecule has 0 saturated carbocycles. The lowest BCUT2D eigenvalue weighted by atomic mass is 10.1. The summed E-state index contributed by atoms with van der Waals surface area (Å²) >= 11 is 3.69. The van der Waals surface area contributed by atoms with Gasteiger partial charge in [0.05, 0.1) is 22.8 Å². The van der Waals surface area contributed by atoms with Gasteiger partial charge in [0.25, 0.3) is 17.7 Å². The Bertz CT molecular complexity index is 2040. The number of benzene rings is 3. The van der Waals surface area contributed by atoms with Crippen LogP contribution in [0.4, 0.5) is 16.4 Å². The lowest BCUT2D eigenvalue weighted by Crippen LogP contribution is -2.30. The number of carbonyl (C=O) groups is 5. The molecule has 0 aliphatic heterocycles. The van der Waals surface area contributed by atoms with Crippen LogP contribution in [0.3, 0.4) is 0 Å². The van der Waals surface area contributed by atoms with E-state index in [-0.39, 0.29) is 21.1 Å². The molecule has 0 spiro atoms. The number of carbonyl (C=O) groups excluding carboxylic acids is 5. The zero-order valence-corrected chi connectivity index (χ0v) is 29.6. The first-order chi connectivity index (χ1) is 24.1. The van der Waals surface area contributed by atoms with Crippen LogP contribution >= 0.6 is 34.4 Å². The molecule has 2 aromatic heterocycles. The summed E-state index contributed by atoms with van der Waals surface area (Å²) < 4.78 is 4.96. The number of anilines is 3. The van der Waals surface area contributed by atoms with Crippen LogP contribution in [0, 0.1) is 6.92 Å². The fourth-order valence-corrected chi connectivity index (χ4v) is 7.30. The molecule has 3 aromatic carbocycles. The number of rotatable bonds is 12. The number of para-hydroxylation sites is 1. The van der Waals surface area contributed by atoms with Crippen LogP contribution in [0.1, 0.15) is 48.4 Å². The average Bonchev–Trinajstić information content (AvgIpc) is 3.75. The Morgan fingerprint density at radius 3 is 2.20 bits per heavy atom. The van der Waals surface area contributed by atoms with Crippen molar-refractivity contribution in [2.75, 3.05) is 23.1 Å². The summed E-state index contributed by atoms with van der Waals surface area (Å²) in [6.07, 6.45) is 1.60. The Labute approximate surface area is 301 Å². The van der Waals surface area contributed by atoms with Gasteiger partial charge in [-0.15, -0.1) is 23.1 Å². The maximum atomic E-state index is 13.4. The fraction of sp³-hybridized carbons (Fsp3) is 0.108. The first-order valence-corrected chi connectivity index (χ1v) is 17.8. The van der Waals surface area contributed by atoms with Gasteiger partial charge in [0, 0.05) is 21.8 Å². The summed E-state index contributed by atoms with van der Waals surface area (Å²) in [6.45, 7) is 3.33. The summed E-state index contributed by atoms with van der Waals surface area (Å²) in [6, 6.07) is 26.3.